The van der Waals surface area contributed by atoms with Crippen molar-refractivity contribution in [3.05, 3.63) is 92.7 Å². The molecule has 6 nitrogen and oxygen atoms in total. The molecule has 1 fully saturated rings. The van der Waals surface area contributed by atoms with E-state index in [1.807, 2.05) is 24.3 Å². The molecule has 0 amide bonds. The first-order valence-corrected chi connectivity index (χ1v) is 11.9. The SMILES string of the molecule is CN(C)CC1(c2ccc(-c3nc4ccc(Cl)cc4c(=O)n3-c3ccc(Cl)cc3)cc2)NCCN1. The molecule has 3 aromatic carbocycles. The highest BCUT2D eigenvalue weighted by Crippen LogP contribution is 2.28. The van der Waals surface area contributed by atoms with Crippen molar-refractivity contribution in [3.63, 3.8) is 0 Å². The van der Waals surface area contributed by atoms with E-state index < -0.39 is 0 Å². The van der Waals surface area contributed by atoms with Crippen molar-refractivity contribution in [1.29, 1.82) is 0 Å². The van der Waals surface area contributed by atoms with Crippen LogP contribution in [-0.4, -0.2) is 48.2 Å². The number of likely N-dealkylation sites (N-methyl/N-ethyl adjacent to an activating group) is 1. The van der Waals surface area contributed by atoms with Crippen molar-refractivity contribution in [2.75, 3.05) is 33.7 Å². The van der Waals surface area contributed by atoms with E-state index in [-0.39, 0.29) is 11.2 Å². The first kappa shape index (κ1) is 23.0. The minimum Gasteiger partial charge on any atom is -0.306 e. The molecule has 2 heterocycles. The van der Waals surface area contributed by atoms with Gasteiger partial charge in [0.1, 0.15) is 11.5 Å². The predicted octanol–water partition coefficient (Wildman–Crippen LogP) is 4.27. The van der Waals surface area contributed by atoms with Crippen LogP contribution in [-0.2, 0) is 5.66 Å². The molecule has 0 spiro atoms. The number of hydrogen-bond acceptors (Lipinski definition) is 5. The Balaban J connectivity index is 1.67. The molecule has 4 aromatic rings. The van der Waals surface area contributed by atoms with Crippen LogP contribution in [0.3, 0.4) is 0 Å². The molecule has 2 N–H and O–H groups in total. The molecule has 0 unspecified atom stereocenters. The fraction of sp³-hybridized carbons (Fsp3) is 0.231. The maximum atomic E-state index is 13.6. The lowest BCUT2D eigenvalue weighted by atomic mass is 9.98. The molecule has 0 atom stereocenters. The number of aromatic nitrogens is 2. The Hall–Kier alpha value is -2.74. The second kappa shape index (κ2) is 9.13. The minimum atomic E-state index is -0.314. The van der Waals surface area contributed by atoms with Gasteiger partial charge in [-0.1, -0.05) is 47.5 Å². The van der Waals surface area contributed by atoms with Crippen molar-refractivity contribution in [2.24, 2.45) is 0 Å². The molecule has 1 aliphatic heterocycles. The van der Waals surface area contributed by atoms with Crippen LogP contribution in [0, 0.1) is 0 Å². The smallest absolute Gasteiger partial charge is 0.266 e. The molecule has 0 saturated carbocycles. The highest BCUT2D eigenvalue weighted by molar-refractivity contribution is 6.31. The molecule has 174 valence electrons. The zero-order chi connectivity index (χ0) is 23.9. The lowest BCUT2D eigenvalue weighted by Crippen LogP contribution is -2.52. The highest BCUT2D eigenvalue weighted by Gasteiger charge is 2.35. The molecular formula is C26H25Cl2N5O. The van der Waals surface area contributed by atoms with Gasteiger partial charge in [0.05, 0.1) is 16.6 Å². The third-order valence-corrected chi connectivity index (χ3v) is 6.57. The van der Waals surface area contributed by atoms with Crippen LogP contribution in [0.1, 0.15) is 5.56 Å². The largest absolute Gasteiger partial charge is 0.306 e. The van der Waals surface area contributed by atoms with Crippen LogP contribution in [0.25, 0.3) is 28.0 Å². The van der Waals surface area contributed by atoms with Crippen molar-refractivity contribution in [2.45, 2.75) is 5.66 Å². The van der Waals surface area contributed by atoms with Gasteiger partial charge in [-0.2, -0.15) is 0 Å². The van der Waals surface area contributed by atoms with Crippen LogP contribution in [0.5, 0.6) is 0 Å². The topological polar surface area (TPSA) is 62.2 Å². The number of nitrogens with one attached hydrogen (secondary N) is 2. The number of hydrogen-bond donors (Lipinski definition) is 2. The van der Waals surface area contributed by atoms with Crippen molar-refractivity contribution >= 4 is 34.1 Å². The molecule has 8 heteroatoms. The maximum Gasteiger partial charge on any atom is 0.266 e. The summed E-state index contributed by atoms with van der Waals surface area (Å²) in [6.07, 6.45) is 0. The molecular weight excluding hydrogens is 469 g/mol. The zero-order valence-electron chi connectivity index (χ0n) is 19.0. The highest BCUT2D eigenvalue weighted by atomic mass is 35.5. The van der Waals surface area contributed by atoms with Gasteiger partial charge < -0.3 is 4.90 Å². The Morgan fingerprint density at radius 1 is 0.941 bits per heavy atom. The molecule has 0 bridgehead atoms. The summed E-state index contributed by atoms with van der Waals surface area (Å²) in [5, 5.41) is 8.78. The molecule has 1 aliphatic rings. The summed E-state index contributed by atoms with van der Waals surface area (Å²) < 4.78 is 1.62. The van der Waals surface area contributed by atoms with Crippen LogP contribution in [0.2, 0.25) is 10.0 Å². The standard InChI is InChI=1S/C26H25Cl2N5O/c1-32(2)16-26(29-13-14-30-26)18-5-3-17(4-6-18)24-31-23-12-9-20(28)15-22(23)25(34)33(24)21-10-7-19(27)8-11-21/h3-12,15,29-30H,13-14,16H2,1-2H3. The van der Waals surface area contributed by atoms with Crippen molar-refractivity contribution in [3.8, 4) is 17.1 Å². The summed E-state index contributed by atoms with van der Waals surface area (Å²) in [6, 6.07) is 20.6. The summed E-state index contributed by atoms with van der Waals surface area (Å²) in [7, 11) is 4.13. The van der Waals surface area contributed by atoms with E-state index in [1.54, 1.807) is 34.9 Å². The summed E-state index contributed by atoms with van der Waals surface area (Å²) >= 11 is 12.3. The van der Waals surface area contributed by atoms with Crippen molar-refractivity contribution in [1.82, 2.24) is 25.1 Å². The van der Waals surface area contributed by atoms with Gasteiger partial charge in [-0.25, -0.2) is 4.98 Å². The van der Waals surface area contributed by atoms with E-state index in [0.29, 0.717) is 32.5 Å². The first-order chi connectivity index (χ1) is 16.4. The average Bonchev–Trinajstić information content (AvgIpc) is 3.29. The van der Waals surface area contributed by atoms with Crippen LogP contribution < -0.4 is 16.2 Å². The third-order valence-electron chi connectivity index (χ3n) is 6.08. The Morgan fingerprint density at radius 3 is 2.24 bits per heavy atom. The summed E-state index contributed by atoms with van der Waals surface area (Å²) in [6.45, 7) is 2.62. The lowest BCUT2D eigenvalue weighted by Gasteiger charge is -2.33. The van der Waals surface area contributed by atoms with E-state index >= 15 is 0 Å². The van der Waals surface area contributed by atoms with Crippen LogP contribution in [0.15, 0.2) is 71.5 Å². The summed E-state index contributed by atoms with van der Waals surface area (Å²) in [5.74, 6) is 0.558. The molecule has 1 saturated heterocycles. The van der Waals surface area contributed by atoms with E-state index in [2.05, 4.69) is 41.8 Å². The van der Waals surface area contributed by atoms with E-state index in [1.165, 1.54) is 0 Å². The van der Waals surface area contributed by atoms with E-state index in [0.717, 1.165) is 30.8 Å². The number of rotatable bonds is 5. The molecule has 1 aromatic heterocycles. The van der Waals surface area contributed by atoms with E-state index in [4.69, 9.17) is 28.2 Å². The normalized spacial score (nSPS) is 15.3. The Kier molecular flexibility index (Phi) is 6.18. The van der Waals surface area contributed by atoms with Gasteiger partial charge in [0.2, 0.25) is 0 Å². The quantitative estimate of drug-likeness (QED) is 0.434. The van der Waals surface area contributed by atoms with Gasteiger partial charge >= 0.3 is 0 Å². The first-order valence-electron chi connectivity index (χ1n) is 11.1. The summed E-state index contributed by atoms with van der Waals surface area (Å²) in [4.78, 5) is 20.6. The zero-order valence-corrected chi connectivity index (χ0v) is 20.5. The third kappa shape index (κ3) is 4.24. The number of nitrogens with zero attached hydrogens (tertiary/aromatic N) is 3. The Morgan fingerprint density at radius 2 is 1.59 bits per heavy atom. The molecule has 0 aliphatic carbocycles. The average molecular weight is 494 g/mol. The van der Waals surface area contributed by atoms with Gasteiger partial charge in [0.25, 0.3) is 5.56 Å². The molecule has 0 radical (unpaired) electrons. The van der Waals surface area contributed by atoms with Crippen molar-refractivity contribution < 1.29 is 0 Å². The molecule has 5 rings (SSSR count). The number of fused-ring (bicyclic) bond motifs is 1. The Labute approximate surface area is 208 Å². The number of benzene rings is 3. The molecule has 34 heavy (non-hydrogen) atoms. The van der Waals surface area contributed by atoms with Crippen LogP contribution in [0.4, 0.5) is 0 Å². The fourth-order valence-corrected chi connectivity index (χ4v) is 4.88. The van der Waals surface area contributed by atoms with Gasteiger partial charge in [-0.05, 0) is 62.1 Å². The maximum absolute atomic E-state index is 13.6. The van der Waals surface area contributed by atoms with Gasteiger partial charge in [0.15, 0.2) is 0 Å². The number of halogens is 2. The van der Waals surface area contributed by atoms with Crippen LogP contribution >= 0.6 is 23.2 Å². The second-order valence-corrected chi connectivity index (χ2v) is 9.66. The fourth-order valence-electron chi connectivity index (χ4n) is 4.58. The minimum absolute atomic E-state index is 0.183. The van der Waals surface area contributed by atoms with Gasteiger partial charge in [-0.15, -0.1) is 0 Å². The summed E-state index contributed by atoms with van der Waals surface area (Å²) in [5.41, 5.74) is 2.76. The van der Waals surface area contributed by atoms with E-state index in [9.17, 15) is 4.79 Å². The van der Waals surface area contributed by atoms with Gasteiger partial charge in [0, 0.05) is 35.2 Å². The second-order valence-electron chi connectivity index (χ2n) is 8.79. The predicted molar refractivity (Wildman–Crippen MR) is 139 cm³/mol. The monoisotopic (exact) mass is 493 g/mol. The lowest BCUT2D eigenvalue weighted by molar-refractivity contribution is 0.235. The Bertz CT molecular complexity index is 1390. The van der Waals surface area contributed by atoms with Gasteiger partial charge in [-0.3, -0.25) is 20.0 Å².